The van der Waals surface area contributed by atoms with E-state index in [2.05, 4.69) is 22.1 Å². The molecule has 128 valence electrons. The van der Waals surface area contributed by atoms with E-state index in [1.807, 2.05) is 7.05 Å². The van der Waals surface area contributed by atoms with Gasteiger partial charge in [-0.2, -0.15) is 0 Å². The van der Waals surface area contributed by atoms with Gasteiger partial charge in [0.25, 0.3) is 5.91 Å². The van der Waals surface area contributed by atoms with Crippen LogP contribution in [0.4, 0.5) is 0 Å². The van der Waals surface area contributed by atoms with E-state index in [-0.39, 0.29) is 18.4 Å². The van der Waals surface area contributed by atoms with Crippen molar-refractivity contribution in [2.45, 2.75) is 12.8 Å². The third kappa shape index (κ3) is 5.28. The molecule has 1 aromatic carbocycles. The summed E-state index contributed by atoms with van der Waals surface area (Å²) in [5.74, 6) is 5.64. The summed E-state index contributed by atoms with van der Waals surface area (Å²) in [7, 11) is 2.03. The van der Waals surface area contributed by atoms with Crippen LogP contribution < -0.4 is 15.8 Å². The van der Waals surface area contributed by atoms with Crippen molar-refractivity contribution in [2.75, 3.05) is 33.3 Å². The molecule has 0 spiro atoms. The third-order valence-electron chi connectivity index (χ3n) is 3.92. The van der Waals surface area contributed by atoms with E-state index in [9.17, 15) is 9.59 Å². The molecule has 1 aromatic rings. The van der Waals surface area contributed by atoms with Crippen LogP contribution in [0, 0.1) is 17.8 Å². The number of hydrogen-bond acceptors (Lipinski definition) is 4. The van der Waals surface area contributed by atoms with Crippen LogP contribution in [0.5, 0.6) is 5.75 Å². The fourth-order valence-corrected chi connectivity index (χ4v) is 2.68. The molecule has 2 rings (SSSR count). The Labute approximate surface area is 142 Å². The molecule has 1 fully saturated rings. The summed E-state index contributed by atoms with van der Waals surface area (Å²) in [5, 5.41) is 2.83. The molecule has 0 aromatic heterocycles. The monoisotopic (exact) mass is 329 g/mol. The van der Waals surface area contributed by atoms with Crippen LogP contribution in [0.3, 0.4) is 0 Å². The summed E-state index contributed by atoms with van der Waals surface area (Å²) in [4.78, 5) is 25.5. The van der Waals surface area contributed by atoms with Crippen LogP contribution in [-0.4, -0.2) is 50.0 Å². The number of piperidine rings is 1. The second kappa shape index (κ2) is 8.94. The lowest BCUT2D eigenvalue weighted by Crippen LogP contribution is -2.41. The Morgan fingerprint density at radius 1 is 1.38 bits per heavy atom. The van der Waals surface area contributed by atoms with Crippen molar-refractivity contribution in [3.8, 4) is 17.6 Å². The van der Waals surface area contributed by atoms with Crippen molar-refractivity contribution in [1.29, 1.82) is 0 Å². The molecule has 1 heterocycles. The zero-order valence-electron chi connectivity index (χ0n) is 13.9. The van der Waals surface area contributed by atoms with Gasteiger partial charge in [0.15, 0.2) is 0 Å². The minimum Gasteiger partial charge on any atom is -0.480 e. The number of rotatable bonds is 5. The minimum atomic E-state index is -0.539. The SMILES string of the molecule is CN1CCCC(C(=O)NCC#CCOc2ccccc2C(N)=O)C1. The molecule has 6 nitrogen and oxygen atoms in total. The van der Waals surface area contributed by atoms with Crippen LogP contribution in [0.25, 0.3) is 0 Å². The number of likely N-dealkylation sites (tertiary alicyclic amines) is 1. The van der Waals surface area contributed by atoms with Gasteiger partial charge in [-0.1, -0.05) is 24.0 Å². The summed E-state index contributed by atoms with van der Waals surface area (Å²) in [6.45, 7) is 2.27. The number of nitrogens with two attached hydrogens (primary N) is 1. The van der Waals surface area contributed by atoms with Crippen LogP contribution in [-0.2, 0) is 4.79 Å². The summed E-state index contributed by atoms with van der Waals surface area (Å²) in [6.07, 6.45) is 1.98. The summed E-state index contributed by atoms with van der Waals surface area (Å²) in [5.41, 5.74) is 5.60. The van der Waals surface area contributed by atoms with Crippen molar-refractivity contribution >= 4 is 11.8 Å². The highest BCUT2D eigenvalue weighted by atomic mass is 16.5. The van der Waals surface area contributed by atoms with Gasteiger partial charge in [-0.15, -0.1) is 0 Å². The summed E-state index contributed by atoms with van der Waals surface area (Å²) >= 11 is 0. The van der Waals surface area contributed by atoms with Gasteiger partial charge >= 0.3 is 0 Å². The molecule has 2 amide bonds. The lowest BCUT2D eigenvalue weighted by Gasteiger charge is -2.28. The molecule has 0 aliphatic carbocycles. The highest BCUT2D eigenvalue weighted by molar-refractivity contribution is 5.95. The first-order valence-corrected chi connectivity index (χ1v) is 8.01. The number of hydrogen-bond donors (Lipinski definition) is 2. The van der Waals surface area contributed by atoms with Gasteiger partial charge in [0.2, 0.25) is 5.91 Å². The van der Waals surface area contributed by atoms with Gasteiger partial charge in [0.05, 0.1) is 18.0 Å². The van der Waals surface area contributed by atoms with Gasteiger partial charge in [0, 0.05) is 6.54 Å². The van der Waals surface area contributed by atoms with E-state index < -0.39 is 5.91 Å². The van der Waals surface area contributed by atoms with Crippen LogP contribution in [0.2, 0.25) is 0 Å². The maximum atomic E-state index is 12.0. The highest BCUT2D eigenvalue weighted by Gasteiger charge is 2.23. The van der Waals surface area contributed by atoms with Gasteiger partial charge in [-0.3, -0.25) is 9.59 Å². The lowest BCUT2D eigenvalue weighted by atomic mass is 9.98. The van der Waals surface area contributed by atoms with Crippen LogP contribution in [0.1, 0.15) is 23.2 Å². The maximum Gasteiger partial charge on any atom is 0.252 e. The topological polar surface area (TPSA) is 84.7 Å². The highest BCUT2D eigenvalue weighted by Crippen LogP contribution is 2.16. The zero-order valence-corrected chi connectivity index (χ0v) is 13.9. The van der Waals surface area contributed by atoms with Crippen molar-refractivity contribution in [2.24, 2.45) is 11.7 Å². The fraction of sp³-hybridized carbons (Fsp3) is 0.444. The molecule has 3 N–H and O–H groups in total. The number of carbonyl (C=O) groups excluding carboxylic acids is 2. The first-order chi connectivity index (χ1) is 11.6. The first-order valence-electron chi connectivity index (χ1n) is 8.01. The van der Waals surface area contributed by atoms with Gasteiger partial charge in [-0.05, 0) is 38.6 Å². The average molecular weight is 329 g/mol. The van der Waals surface area contributed by atoms with E-state index in [0.717, 1.165) is 25.9 Å². The smallest absolute Gasteiger partial charge is 0.252 e. The molecule has 0 radical (unpaired) electrons. The van der Waals surface area contributed by atoms with E-state index >= 15 is 0 Å². The molecule has 0 saturated carbocycles. The Morgan fingerprint density at radius 3 is 2.92 bits per heavy atom. The molecule has 1 atom stereocenters. The van der Waals surface area contributed by atoms with Crippen LogP contribution >= 0.6 is 0 Å². The third-order valence-corrected chi connectivity index (χ3v) is 3.92. The van der Waals surface area contributed by atoms with Gasteiger partial charge < -0.3 is 20.7 Å². The second-order valence-corrected chi connectivity index (χ2v) is 5.82. The number of para-hydroxylation sites is 1. The van der Waals surface area contributed by atoms with Crippen LogP contribution in [0.15, 0.2) is 24.3 Å². The minimum absolute atomic E-state index is 0.0456. The molecule has 24 heavy (non-hydrogen) atoms. The van der Waals surface area contributed by atoms with Gasteiger partial charge in [-0.25, -0.2) is 0 Å². The number of nitrogens with zero attached hydrogens (tertiary/aromatic N) is 1. The number of benzene rings is 1. The van der Waals surface area contributed by atoms with Crippen molar-refractivity contribution in [1.82, 2.24) is 10.2 Å². The summed E-state index contributed by atoms with van der Waals surface area (Å²) < 4.78 is 5.44. The first kappa shape index (κ1) is 17.8. The normalized spacial score (nSPS) is 17.5. The number of nitrogens with one attached hydrogen (secondary N) is 1. The van der Waals surface area contributed by atoms with E-state index in [1.165, 1.54) is 0 Å². The van der Waals surface area contributed by atoms with Crippen molar-refractivity contribution in [3.63, 3.8) is 0 Å². The Balaban J connectivity index is 1.73. The predicted molar refractivity (Wildman–Crippen MR) is 91.5 cm³/mol. The number of primary amides is 1. The fourth-order valence-electron chi connectivity index (χ4n) is 2.68. The number of ether oxygens (including phenoxy) is 1. The molecule has 0 bridgehead atoms. The zero-order chi connectivity index (χ0) is 17.4. The van der Waals surface area contributed by atoms with Crippen molar-refractivity contribution in [3.05, 3.63) is 29.8 Å². The number of carbonyl (C=O) groups is 2. The van der Waals surface area contributed by atoms with E-state index in [0.29, 0.717) is 17.9 Å². The van der Waals surface area contributed by atoms with E-state index in [1.54, 1.807) is 24.3 Å². The van der Waals surface area contributed by atoms with Crippen molar-refractivity contribution < 1.29 is 14.3 Å². The Hall–Kier alpha value is -2.52. The standard InChI is InChI=1S/C18H23N3O3/c1-21-11-6-7-14(13-21)18(23)20-10-4-5-12-24-16-9-3-2-8-15(16)17(19)22/h2-3,8-9,14H,6-7,10-13H2,1H3,(H2,19,22)(H,20,23). The molecule has 1 unspecified atom stereocenters. The molecule has 1 aliphatic rings. The largest absolute Gasteiger partial charge is 0.480 e. The summed E-state index contributed by atoms with van der Waals surface area (Å²) in [6, 6.07) is 6.75. The quantitative estimate of drug-likeness (QED) is 0.776. The maximum absolute atomic E-state index is 12.0. The second-order valence-electron chi connectivity index (χ2n) is 5.82. The Morgan fingerprint density at radius 2 is 2.17 bits per heavy atom. The Bertz CT molecular complexity index is 648. The molecular weight excluding hydrogens is 306 g/mol. The average Bonchev–Trinajstić information content (AvgIpc) is 2.58. The predicted octanol–water partition coefficient (Wildman–Crippen LogP) is 0.626. The van der Waals surface area contributed by atoms with Gasteiger partial charge in [0.1, 0.15) is 12.4 Å². The van der Waals surface area contributed by atoms with E-state index in [4.69, 9.17) is 10.5 Å². The molecule has 1 aliphatic heterocycles. The molecule has 6 heteroatoms. The Kier molecular flexibility index (Phi) is 6.64. The lowest BCUT2D eigenvalue weighted by molar-refractivity contribution is -0.126. The number of amides is 2. The molecular formula is C18H23N3O3. The molecule has 1 saturated heterocycles.